The van der Waals surface area contributed by atoms with Crippen molar-refractivity contribution in [2.24, 2.45) is 58.2 Å². The second kappa shape index (κ2) is 27.5. The Morgan fingerprint density at radius 3 is 2.12 bits per heavy atom. The maximum absolute atomic E-state index is 14.6. The van der Waals surface area contributed by atoms with Gasteiger partial charge >= 0.3 is 36.0 Å². The number of amides is 2. The molecule has 5 aliphatic carbocycles. The highest BCUT2D eigenvalue weighted by atomic mass is 32.1. The summed E-state index contributed by atoms with van der Waals surface area (Å²) in [6.45, 7) is 15.1. The highest BCUT2D eigenvalue weighted by molar-refractivity contribution is 7.18. The summed E-state index contributed by atoms with van der Waals surface area (Å²) in [5, 5.41) is 34.0. The molecule has 1 aliphatic heterocycles. The van der Waals surface area contributed by atoms with E-state index in [1.807, 2.05) is 41.3 Å². The maximum Gasteiger partial charge on any atom is 0.490 e. The average Bonchev–Trinajstić information content (AvgIpc) is 2.48. The van der Waals surface area contributed by atoms with E-state index < -0.39 is 66.0 Å². The quantitative estimate of drug-likeness (QED) is 0.0655. The molecule has 462 valence electrons. The fourth-order valence-electron chi connectivity index (χ4n) is 15.1. The first kappa shape index (κ1) is 65.4. The van der Waals surface area contributed by atoms with Crippen LogP contribution in [-0.4, -0.2) is 131 Å². The number of anilines is 1. The van der Waals surface area contributed by atoms with E-state index in [4.69, 9.17) is 28.8 Å². The predicted molar refractivity (Wildman–Crippen MR) is 303 cm³/mol. The monoisotopic (exact) mass is 1190 g/mol. The van der Waals surface area contributed by atoms with Crippen LogP contribution in [0.3, 0.4) is 0 Å². The van der Waals surface area contributed by atoms with E-state index in [-0.39, 0.29) is 101 Å². The summed E-state index contributed by atoms with van der Waals surface area (Å²) in [7, 11) is 2.08. The molecule has 0 bridgehead atoms. The highest BCUT2D eigenvalue weighted by Crippen LogP contribution is 2.68. The Morgan fingerprint density at radius 2 is 1.48 bits per heavy atom. The number of likely N-dealkylation sites (tertiary alicyclic amines) is 1. The summed E-state index contributed by atoms with van der Waals surface area (Å²) in [6, 6.07) is 11.6. The second-order valence-corrected chi connectivity index (χ2v) is 27.2. The highest BCUT2D eigenvalue weighted by Gasteiger charge is 2.66. The number of piperidine rings is 1. The number of rotatable bonds is 17. The molecule has 1 saturated heterocycles. The summed E-state index contributed by atoms with van der Waals surface area (Å²) in [5.74, 6) is -4.15. The molecule has 6 aliphatic rings. The van der Waals surface area contributed by atoms with Crippen molar-refractivity contribution in [3.05, 3.63) is 41.3 Å². The van der Waals surface area contributed by atoms with Crippen molar-refractivity contribution in [2.75, 3.05) is 38.4 Å². The largest absolute Gasteiger partial charge is 0.490 e. The lowest BCUT2D eigenvalue weighted by Crippen LogP contribution is -2.62. The minimum absolute atomic E-state index is 0.0331. The van der Waals surface area contributed by atoms with Gasteiger partial charge in [-0.2, -0.15) is 13.2 Å². The molecule has 2 amide bonds. The van der Waals surface area contributed by atoms with Gasteiger partial charge in [0.15, 0.2) is 0 Å². The van der Waals surface area contributed by atoms with Crippen molar-refractivity contribution < 1.29 is 81.0 Å². The standard InChI is InChI=1S/C60H87N3O12S.C2HF3O2/c1-36-14-17-39(18-15-36)56(70)63(41-25-28-62(8)29-26-41)46-33-48(38-12-10-9-11-13-38)76-55(46)57(71)73-35-72-51(67)22-23-52(68)74-42-24-27-59(6)40(30-42)31-47(64)54-44-20-19-43(60(44,7)49(65)32-45(54)59)37(2)16-21-50(66)61-34-53(69)75-58(3,4)5;3-2(4,5)1(6)7/h9-13,33,36-37,39-45,47,49,54,64-65H,14-32,34-35H2,1-8H3,(H,61,66);(H,6,7)/t36?,37?,39?,40?,42-,43?,44?,45?,47+,49-,54?,59-,60+;/m0./s1. The van der Waals surface area contributed by atoms with Crippen LogP contribution in [0.5, 0.6) is 0 Å². The van der Waals surface area contributed by atoms with Crippen LogP contribution in [0.4, 0.5) is 18.9 Å². The van der Waals surface area contributed by atoms with Gasteiger partial charge in [0.1, 0.15) is 23.1 Å². The molecule has 5 saturated carbocycles. The molecule has 21 heteroatoms. The smallest absolute Gasteiger partial charge is 0.475 e. The number of aliphatic hydroxyl groups excluding tert-OH is 2. The second-order valence-electron chi connectivity index (χ2n) is 26.1. The van der Waals surface area contributed by atoms with Gasteiger partial charge in [0.25, 0.3) is 0 Å². The van der Waals surface area contributed by atoms with Crippen molar-refractivity contribution in [3.8, 4) is 10.4 Å². The van der Waals surface area contributed by atoms with Gasteiger partial charge in [-0.3, -0.25) is 24.0 Å². The molecule has 2 aromatic rings. The number of alkyl halides is 3. The van der Waals surface area contributed by atoms with E-state index in [9.17, 15) is 52.2 Å². The molecule has 2 heterocycles. The summed E-state index contributed by atoms with van der Waals surface area (Å²) >= 11 is 1.26. The van der Waals surface area contributed by atoms with Gasteiger partial charge in [0, 0.05) is 23.3 Å². The number of hydrogen-bond acceptors (Lipinski definition) is 15. The average molecular weight is 1190 g/mol. The maximum atomic E-state index is 14.6. The van der Waals surface area contributed by atoms with Crippen LogP contribution in [0, 0.1) is 58.2 Å². The van der Waals surface area contributed by atoms with E-state index in [0.29, 0.717) is 43.7 Å². The van der Waals surface area contributed by atoms with E-state index in [1.54, 1.807) is 20.8 Å². The number of halogens is 3. The van der Waals surface area contributed by atoms with Crippen LogP contribution in [0.1, 0.15) is 167 Å². The van der Waals surface area contributed by atoms with Crippen molar-refractivity contribution in [3.63, 3.8) is 0 Å². The number of hydrogen-bond donors (Lipinski definition) is 4. The molecular weight excluding hydrogens is 1100 g/mol. The number of carboxylic acids is 1. The molecule has 83 heavy (non-hydrogen) atoms. The third kappa shape index (κ3) is 16.1. The zero-order chi connectivity index (χ0) is 60.8. The lowest BCUT2D eigenvalue weighted by atomic mass is 9.43. The fraction of sp³-hybridized carbons (Fsp3) is 0.726. The van der Waals surface area contributed by atoms with Crippen molar-refractivity contribution >= 4 is 58.7 Å². The van der Waals surface area contributed by atoms with Gasteiger partial charge in [-0.15, -0.1) is 11.3 Å². The Labute approximate surface area is 490 Å². The number of benzene rings is 1. The first-order chi connectivity index (χ1) is 39.0. The number of aliphatic carboxylic acids is 1. The van der Waals surface area contributed by atoms with Gasteiger partial charge in [0.05, 0.1) is 30.7 Å². The summed E-state index contributed by atoms with van der Waals surface area (Å²) in [5.41, 5.74) is 0.259. The lowest BCUT2D eigenvalue weighted by molar-refractivity contribution is -0.209. The summed E-state index contributed by atoms with van der Waals surface area (Å²) < 4.78 is 54.0. The van der Waals surface area contributed by atoms with Crippen LogP contribution < -0.4 is 10.2 Å². The summed E-state index contributed by atoms with van der Waals surface area (Å²) in [6.07, 6.45) is 4.05. The molecule has 6 fully saturated rings. The lowest BCUT2D eigenvalue weighted by Gasteiger charge is -2.63. The zero-order valence-corrected chi connectivity index (χ0v) is 50.3. The SMILES string of the molecule is CC1CCC(C(=O)N(c2cc(-c3ccccc3)sc2C(=O)OCOC(=O)CCC(=O)O[C@H]2CC[C@@]3(C)C(C2)C[C@@H](O)C2C3C[C@H](O)[C@]3(C)C(C(C)CCC(=O)NCC(=O)OC(C)(C)C)CCC23)C2CCN(C)CC2)CC1.O=C(O)C(F)(F)F. The number of thiophene rings is 1. The van der Waals surface area contributed by atoms with Crippen molar-refractivity contribution in [2.45, 2.75) is 194 Å². The number of nitrogens with one attached hydrogen (secondary N) is 1. The first-order valence-corrected chi connectivity index (χ1v) is 30.7. The van der Waals surface area contributed by atoms with Gasteiger partial charge in [-0.05, 0) is 195 Å². The van der Waals surface area contributed by atoms with E-state index in [1.165, 1.54) is 11.3 Å². The van der Waals surface area contributed by atoms with Crippen LogP contribution in [-0.2, 0) is 47.7 Å². The number of fused-ring (bicyclic) bond motifs is 5. The number of esters is 4. The van der Waals surface area contributed by atoms with Crippen LogP contribution >= 0.6 is 11.3 Å². The molecule has 0 radical (unpaired) electrons. The first-order valence-electron chi connectivity index (χ1n) is 29.9. The number of carbonyl (C=O) groups is 7. The van der Waals surface area contributed by atoms with Gasteiger partial charge in [-0.1, -0.05) is 58.0 Å². The molecule has 8 rings (SSSR count). The van der Waals surface area contributed by atoms with Crippen LogP contribution in [0.25, 0.3) is 10.4 Å². The van der Waals surface area contributed by atoms with Crippen LogP contribution in [0.15, 0.2) is 36.4 Å². The molecule has 1 aromatic heterocycles. The van der Waals surface area contributed by atoms with E-state index in [2.05, 4.69) is 45.0 Å². The predicted octanol–water partition coefficient (Wildman–Crippen LogP) is 10.1. The van der Waals surface area contributed by atoms with Gasteiger partial charge < -0.3 is 49.4 Å². The van der Waals surface area contributed by atoms with E-state index in [0.717, 1.165) is 81.3 Å². The summed E-state index contributed by atoms with van der Waals surface area (Å²) in [4.78, 5) is 94.0. The Kier molecular flexibility index (Phi) is 21.7. The normalized spacial score (nSPS) is 30.4. The fourth-order valence-corrected chi connectivity index (χ4v) is 16.1. The topological polar surface area (TPSA) is 236 Å². The number of carboxylic acid groups (broad SMARTS) is 1. The molecular formula is C62H88F3N3O14S. The number of nitrogens with zero attached hydrogens (tertiary/aromatic N) is 2. The van der Waals surface area contributed by atoms with Gasteiger partial charge in [0.2, 0.25) is 18.6 Å². The molecule has 4 N–H and O–H groups in total. The van der Waals surface area contributed by atoms with Gasteiger partial charge in [-0.25, -0.2) is 9.59 Å². The zero-order valence-electron chi connectivity index (χ0n) is 49.5. The van der Waals surface area contributed by atoms with Crippen LogP contribution in [0.2, 0.25) is 0 Å². The molecule has 0 spiro atoms. The molecule has 17 nitrogen and oxygen atoms in total. The minimum atomic E-state index is -5.08. The van der Waals surface area contributed by atoms with Crippen molar-refractivity contribution in [1.82, 2.24) is 10.2 Å². The molecule has 11 atom stereocenters. The third-order valence-corrected chi connectivity index (χ3v) is 20.7. The number of carbonyl (C=O) groups excluding carboxylic acids is 6. The van der Waals surface area contributed by atoms with Crippen molar-refractivity contribution in [1.29, 1.82) is 0 Å². The molecule has 1 aromatic carbocycles. The number of aliphatic hydroxyl groups is 2. The Balaban J connectivity index is 0.00000133. The van der Waals surface area contributed by atoms with E-state index >= 15 is 0 Å². The minimum Gasteiger partial charge on any atom is -0.475 e. The molecule has 6 unspecified atom stereocenters. The Morgan fingerprint density at radius 1 is 0.831 bits per heavy atom. The number of ether oxygens (including phenoxy) is 4. The Hall–Kier alpha value is -5.12. The third-order valence-electron chi connectivity index (χ3n) is 19.5. The Bertz CT molecular complexity index is 2600.